The molecule has 1 aromatic heterocycles. The van der Waals surface area contributed by atoms with Gasteiger partial charge in [0, 0.05) is 23.5 Å². The zero-order valence-electron chi connectivity index (χ0n) is 29.4. The van der Waals surface area contributed by atoms with Crippen molar-refractivity contribution in [3.63, 3.8) is 0 Å². The number of carbonyl (C=O) groups is 2. The fraction of sp³-hybridized carbons (Fsp3) is 0.351. The zero-order valence-corrected chi connectivity index (χ0v) is 29.4. The van der Waals surface area contributed by atoms with E-state index < -0.39 is 60.0 Å². The molecule has 4 aromatic rings. The van der Waals surface area contributed by atoms with E-state index in [2.05, 4.69) is 15.0 Å². The van der Waals surface area contributed by atoms with Crippen molar-refractivity contribution in [1.82, 2.24) is 15.3 Å². The number of rotatable bonds is 19. The molecule has 4 rings (SSSR count). The number of ether oxygens (including phenoxy) is 1. The minimum absolute atomic E-state index is 0.0924. The Hall–Kier alpha value is -4.59. The summed E-state index contributed by atoms with van der Waals surface area (Å²) in [6.07, 6.45) is -5.80. The molecule has 0 fully saturated rings. The Morgan fingerprint density at radius 2 is 1.42 bits per heavy atom. The molecule has 0 aliphatic carbocycles. The van der Waals surface area contributed by atoms with Crippen molar-refractivity contribution in [2.45, 2.75) is 76.9 Å². The number of halogens is 1. The molecule has 1 amide bonds. The summed E-state index contributed by atoms with van der Waals surface area (Å²) in [7, 11) is 0. The number of amides is 1. The number of carbonyl (C=O) groups excluding carboxylic acids is 2. The third kappa shape index (κ3) is 11.7. The van der Waals surface area contributed by atoms with Crippen molar-refractivity contribution in [3.05, 3.63) is 102 Å². The lowest BCUT2D eigenvalue weighted by atomic mass is 9.94. The molecule has 15 nitrogen and oxygen atoms in total. The molecule has 1 heterocycles. The highest BCUT2D eigenvalue weighted by atomic mass is 19.1. The molecule has 286 valence electrons. The standard InChI is InChI=1S/C37H45FN4O11/c1-23(2)35-34(37(46)39-28-12-8-5-9-13-28)33(25-10-6-4-7-11-25)36(26-14-16-27(38)17-15-26)40(35)19-18-29(43)20-30(44)21-32(45)51-22-31(53-42(49)50)24(3)52-41(47)48/h4-17,23-24,29-31,43-44,47-50H,18-22H2,1-3H3,(H,39,46). The summed E-state index contributed by atoms with van der Waals surface area (Å²) in [4.78, 5) is 35.9. The van der Waals surface area contributed by atoms with Crippen LogP contribution in [0.5, 0.6) is 0 Å². The highest BCUT2D eigenvalue weighted by Gasteiger charge is 2.31. The number of para-hydroxylation sites is 1. The molecular formula is C37H45FN4O11. The Bertz CT molecular complexity index is 1760. The molecule has 4 unspecified atom stereocenters. The molecule has 4 atom stereocenters. The maximum atomic E-state index is 14.2. The van der Waals surface area contributed by atoms with E-state index in [0.717, 1.165) is 5.56 Å². The molecule has 0 bridgehead atoms. The summed E-state index contributed by atoms with van der Waals surface area (Å²) < 4.78 is 21.2. The Labute approximate surface area is 305 Å². The van der Waals surface area contributed by atoms with E-state index in [1.54, 1.807) is 24.3 Å². The SMILES string of the molecule is CC(C)c1c(C(=O)Nc2ccccc2)c(-c2ccccc2)c(-c2ccc(F)cc2)n1CCC(O)CC(O)CC(=O)OCC(ON(O)O)C(C)ON(O)O. The van der Waals surface area contributed by atoms with Gasteiger partial charge in [0.25, 0.3) is 5.91 Å². The number of anilines is 1. The van der Waals surface area contributed by atoms with Gasteiger partial charge in [-0.05, 0) is 73.2 Å². The number of hydrogen-bond donors (Lipinski definition) is 7. The molecule has 0 aliphatic rings. The minimum Gasteiger partial charge on any atom is -0.463 e. The Morgan fingerprint density at radius 3 is 2.00 bits per heavy atom. The Kier molecular flexibility index (Phi) is 15.1. The Balaban J connectivity index is 1.59. The van der Waals surface area contributed by atoms with E-state index in [4.69, 9.17) is 25.6 Å². The average molecular weight is 741 g/mol. The number of esters is 1. The van der Waals surface area contributed by atoms with Crippen LogP contribution >= 0.6 is 0 Å². The molecule has 3 aromatic carbocycles. The summed E-state index contributed by atoms with van der Waals surface area (Å²) >= 11 is 0. The molecule has 0 radical (unpaired) electrons. The number of benzene rings is 3. The van der Waals surface area contributed by atoms with Gasteiger partial charge < -0.3 is 24.8 Å². The van der Waals surface area contributed by atoms with E-state index in [1.165, 1.54) is 19.1 Å². The van der Waals surface area contributed by atoms with E-state index >= 15 is 0 Å². The highest BCUT2D eigenvalue weighted by Crippen LogP contribution is 2.42. The van der Waals surface area contributed by atoms with Crippen molar-refractivity contribution >= 4 is 17.6 Å². The number of aliphatic hydroxyl groups excluding tert-OH is 2. The second-order valence-electron chi connectivity index (χ2n) is 12.7. The molecule has 53 heavy (non-hydrogen) atoms. The van der Waals surface area contributed by atoms with Crippen LogP contribution in [0, 0.1) is 5.82 Å². The number of nitrogens with zero attached hydrogens (tertiary/aromatic N) is 3. The first kappa shape index (κ1) is 41.2. The number of hydrogen-bond acceptors (Lipinski definition) is 13. The summed E-state index contributed by atoms with van der Waals surface area (Å²) in [5.74, 6) is -1.90. The lowest BCUT2D eigenvalue weighted by Crippen LogP contribution is -2.41. The van der Waals surface area contributed by atoms with Gasteiger partial charge in [0.1, 0.15) is 24.6 Å². The van der Waals surface area contributed by atoms with Gasteiger partial charge in [-0.2, -0.15) is 0 Å². The van der Waals surface area contributed by atoms with Gasteiger partial charge in [-0.1, -0.05) is 62.4 Å². The fourth-order valence-electron chi connectivity index (χ4n) is 6.02. The maximum absolute atomic E-state index is 14.2. The van der Waals surface area contributed by atoms with E-state index in [0.29, 0.717) is 33.8 Å². The quantitative estimate of drug-likeness (QED) is 0.0466. The van der Waals surface area contributed by atoms with Gasteiger partial charge in [0.15, 0.2) is 0 Å². The average Bonchev–Trinajstić information content (AvgIpc) is 3.45. The first-order chi connectivity index (χ1) is 25.2. The summed E-state index contributed by atoms with van der Waals surface area (Å²) in [5.41, 5.74) is 4.36. The maximum Gasteiger partial charge on any atom is 0.308 e. The third-order valence-corrected chi connectivity index (χ3v) is 8.34. The van der Waals surface area contributed by atoms with Crippen LogP contribution in [0.15, 0.2) is 84.9 Å². The Morgan fingerprint density at radius 1 is 0.811 bits per heavy atom. The molecule has 0 saturated heterocycles. The normalized spacial score (nSPS) is 14.0. The van der Waals surface area contributed by atoms with Crippen LogP contribution in [0.1, 0.15) is 62.0 Å². The van der Waals surface area contributed by atoms with Crippen molar-refractivity contribution in [2.75, 3.05) is 11.9 Å². The second kappa shape index (κ2) is 19.5. The monoisotopic (exact) mass is 740 g/mol. The van der Waals surface area contributed by atoms with E-state index in [9.17, 15) is 24.2 Å². The second-order valence-corrected chi connectivity index (χ2v) is 12.7. The van der Waals surface area contributed by atoms with Crippen molar-refractivity contribution in [3.8, 4) is 22.4 Å². The smallest absolute Gasteiger partial charge is 0.308 e. The van der Waals surface area contributed by atoms with Crippen LogP contribution in [0.2, 0.25) is 0 Å². The van der Waals surface area contributed by atoms with Gasteiger partial charge in [0.2, 0.25) is 0 Å². The van der Waals surface area contributed by atoms with Crippen LogP contribution in [0.25, 0.3) is 22.4 Å². The van der Waals surface area contributed by atoms with Gasteiger partial charge in [-0.15, -0.1) is 0 Å². The molecule has 0 spiro atoms. The number of aliphatic hydroxyl groups is 2. The topological polar surface area (TPSA) is 207 Å². The minimum atomic E-state index is -1.41. The van der Waals surface area contributed by atoms with E-state index in [1.807, 2.05) is 66.9 Å². The van der Waals surface area contributed by atoms with Crippen LogP contribution in [0.4, 0.5) is 10.1 Å². The predicted octanol–water partition coefficient (Wildman–Crippen LogP) is 5.55. The van der Waals surface area contributed by atoms with Crippen molar-refractivity contribution in [2.24, 2.45) is 0 Å². The summed E-state index contributed by atoms with van der Waals surface area (Å²) in [6, 6.07) is 24.3. The van der Waals surface area contributed by atoms with Gasteiger partial charge >= 0.3 is 5.97 Å². The van der Waals surface area contributed by atoms with Gasteiger partial charge in [0.05, 0.1) is 40.7 Å². The van der Waals surface area contributed by atoms with Crippen LogP contribution in [-0.2, 0) is 25.8 Å². The highest BCUT2D eigenvalue weighted by molar-refractivity contribution is 6.12. The molecular weight excluding hydrogens is 695 g/mol. The molecule has 7 N–H and O–H groups in total. The summed E-state index contributed by atoms with van der Waals surface area (Å²) in [6.45, 7) is 4.70. The molecule has 0 saturated carbocycles. The van der Waals surface area contributed by atoms with Gasteiger partial charge in [-0.25, -0.2) is 14.1 Å². The molecule has 0 aliphatic heterocycles. The third-order valence-electron chi connectivity index (χ3n) is 8.34. The summed E-state index contributed by atoms with van der Waals surface area (Å²) in [5, 5.41) is 59.1. The zero-order chi connectivity index (χ0) is 38.7. The lowest BCUT2D eigenvalue weighted by molar-refractivity contribution is -0.538. The fourth-order valence-corrected chi connectivity index (χ4v) is 6.02. The largest absolute Gasteiger partial charge is 0.463 e. The van der Waals surface area contributed by atoms with Gasteiger partial charge in [-0.3, -0.25) is 30.4 Å². The first-order valence-electron chi connectivity index (χ1n) is 16.9. The van der Waals surface area contributed by atoms with Crippen molar-refractivity contribution < 1.29 is 59.4 Å². The van der Waals surface area contributed by atoms with Crippen LogP contribution in [0.3, 0.4) is 0 Å². The van der Waals surface area contributed by atoms with Crippen LogP contribution < -0.4 is 5.32 Å². The predicted molar refractivity (Wildman–Crippen MR) is 187 cm³/mol. The number of aromatic nitrogens is 1. The van der Waals surface area contributed by atoms with Crippen LogP contribution in [-0.4, -0.2) is 89.3 Å². The molecule has 16 heteroatoms. The van der Waals surface area contributed by atoms with E-state index in [-0.39, 0.29) is 31.2 Å². The first-order valence-corrected chi connectivity index (χ1v) is 16.9. The lowest BCUT2D eigenvalue weighted by Gasteiger charge is -2.24. The van der Waals surface area contributed by atoms with Crippen molar-refractivity contribution in [1.29, 1.82) is 0 Å². The number of nitrogens with one attached hydrogen (secondary N) is 1.